The van der Waals surface area contributed by atoms with Crippen molar-refractivity contribution in [3.8, 4) is 0 Å². The molecule has 2 heterocycles. The zero-order valence-corrected chi connectivity index (χ0v) is 18.1. The predicted molar refractivity (Wildman–Crippen MR) is 115 cm³/mol. The smallest absolute Gasteiger partial charge is 0.394 e. The number of anilines is 1. The minimum Gasteiger partial charge on any atom is -0.394 e. The molecule has 0 radical (unpaired) electrons. The van der Waals surface area contributed by atoms with Crippen molar-refractivity contribution in [3.63, 3.8) is 0 Å². The Balaban J connectivity index is 1.54. The van der Waals surface area contributed by atoms with Gasteiger partial charge >= 0.3 is 6.18 Å². The fourth-order valence-corrected chi connectivity index (χ4v) is 4.66. The van der Waals surface area contributed by atoms with E-state index in [2.05, 4.69) is 10.6 Å². The van der Waals surface area contributed by atoms with Gasteiger partial charge in [-0.15, -0.1) is 0 Å². The molecule has 0 aromatic heterocycles. The molecule has 2 aromatic rings. The molecule has 2 aliphatic rings. The minimum absolute atomic E-state index is 0.0304. The number of rotatable bonds is 8. The average molecular weight is 468 g/mol. The summed E-state index contributed by atoms with van der Waals surface area (Å²) in [6, 6.07) is 9.71. The number of hydrogen-bond donors (Lipinski definition) is 3. The van der Waals surface area contributed by atoms with Gasteiger partial charge in [0.05, 0.1) is 43.6 Å². The fourth-order valence-electron chi connectivity index (χ4n) is 4.66. The summed E-state index contributed by atoms with van der Waals surface area (Å²) < 4.78 is 65.3. The lowest BCUT2D eigenvalue weighted by Crippen LogP contribution is -2.42. The number of alkyl halides is 3. The number of hydrogen-bond acceptors (Lipinski definition) is 5. The van der Waals surface area contributed by atoms with E-state index in [4.69, 9.17) is 14.6 Å². The zero-order valence-electron chi connectivity index (χ0n) is 18.1. The van der Waals surface area contributed by atoms with E-state index in [1.54, 1.807) is 12.1 Å². The largest absolute Gasteiger partial charge is 0.416 e. The molecule has 4 rings (SSSR count). The van der Waals surface area contributed by atoms with Gasteiger partial charge in [-0.25, -0.2) is 4.39 Å². The van der Waals surface area contributed by atoms with Crippen LogP contribution in [0.1, 0.15) is 41.7 Å². The van der Waals surface area contributed by atoms with Crippen LogP contribution in [0.3, 0.4) is 0 Å². The molecule has 33 heavy (non-hydrogen) atoms. The number of nitrogens with one attached hydrogen (secondary N) is 2. The Bertz CT molecular complexity index is 923. The van der Waals surface area contributed by atoms with Gasteiger partial charge in [0.2, 0.25) is 0 Å². The fraction of sp³-hybridized carbons (Fsp3) is 0.500. The predicted octanol–water partition coefficient (Wildman–Crippen LogP) is 4.45. The molecule has 1 saturated heterocycles. The summed E-state index contributed by atoms with van der Waals surface area (Å²) in [5, 5.41) is 15.4. The highest BCUT2D eigenvalue weighted by atomic mass is 19.4. The quantitative estimate of drug-likeness (QED) is 0.395. The van der Waals surface area contributed by atoms with Crippen LogP contribution < -0.4 is 10.6 Å². The van der Waals surface area contributed by atoms with E-state index in [9.17, 15) is 17.6 Å². The molecule has 3 N–H and O–H groups in total. The Morgan fingerprint density at radius 3 is 2.61 bits per heavy atom. The second-order valence-electron chi connectivity index (χ2n) is 8.43. The van der Waals surface area contributed by atoms with Gasteiger partial charge in [0.1, 0.15) is 5.82 Å². The number of fused-ring (bicyclic) bond motifs is 3. The van der Waals surface area contributed by atoms with Crippen LogP contribution in [0, 0.1) is 11.7 Å². The van der Waals surface area contributed by atoms with Crippen LogP contribution in [-0.2, 0) is 15.7 Å². The Morgan fingerprint density at radius 1 is 1.09 bits per heavy atom. The van der Waals surface area contributed by atoms with E-state index >= 15 is 0 Å². The van der Waals surface area contributed by atoms with E-state index in [1.165, 1.54) is 24.3 Å². The molecule has 0 spiro atoms. The van der Waals surface area contributed by atoms with Crippen molar-refractivity contribution >= 4 is 5.69 Å². The van der Waals surface area contributed by atoms with Crippen LogP contribution in [0.2, 0.25) is 0 Å². The van der Waals surface area contributed by atoms with Crippen LogP contribution in [-0.4, -0.2) is 44.1 Å². The summed E-state index contributed by atoms with van der Waals surface area (Å²) in [6.45, 7) is 1.84. The number of ether oxygens (including phenoxy) is 2. The first-order chi connectivity index (χ1) is 15.9. The summed E-state index contributed by atoms with van der Waals surface area (Å²) >= 11 is 0. The van der Waals surface area contributed by atoms with Gasteiger partial charge in [0.15, 0.2) is 0 Å². The topological polar surface area (TPSA) is 62.8 Å². The van der Waals surface area contributed by atoms with Gasteiger partial charge in [-0.1, -0.05) is 12.1 Å². The average Bonchev–Trinajstić information content (AvgIpc) is 2.80. The molecule has 0 saturated carbocycles. The monoisotopic (exact) mass is 468 g/mol. The molecule has 0 bridgehead atoms. The van der Waals surface area contributed by atoms with Gasteiger partial charge in [-0.05, 0) is 48.7 Å². The molecule has 9 heteroatoms. The van der Waals surface area contributed by atoms with Gasteiger partial charge in [-0.2, -0.15) is 13.2 Å². The van der Waals surface area contributed by atoms with Gasteiger partial charge in [0.25, 0.3) is 0 Å². The highest BCUT2D eigenvalue weighted by Crippen LogP contribution is 2.51. The Hall–Kier alpha value is -2.20. The molecule has 180 valence electrons. The molecular formula is C24H28F4N2O3. The summed E-state index contributed by atoms with van der Waals surface area (Å²) in [5.41, 5.74) is 1.28. The van der Waals surface area contributed by atoms with Crippen molar-refractivity contribution in [3.05, 3.63) is 65.0 Å². The highest BCUT2D eigenvalue weighted by molar-refractivity contribution is 5.58. The van der Waals surface area contributed by atoms with Crippen LogP contribution in [0.25, 0.3) is 0 Å². The minimum atomic E-state index is -4.44. The van der Waals surface area contributed by atoms with Crippen LogP contribution in [0.4, 0.5) is 23.2 Å². The number of benzene rings is 2. The lowest BCUT2D eigenvalue weighted by atomic mass is 9.76. The maximum absolute atomic E-state index is 13.5. The van der Waals surface area contributed by atoms with Crippen LogP contribution in [0.15, 0.2) is 42.5 Å². The maximum atomic E-state index is 13.5. The Labute approximate surface area is 190 Å². The standard InChI is InChI=1S/C24H28F4N2O3/c25-17-4-1-15(2-5-17)22-19-7-6-18(14-29-9-11-32-12-10-31)33-23(19)20-13-16(24(26,27)28)3-8-21(20)30-22/h1-5,8,13,18-19,22-23,29-31H,6-7,9-12,14H2/t18-,19+,22+,23+/m1/s1. The normalized spacial score (nSPS) is 24.6. The lowest BCUT2D eigenvalue weighted by molar-refractivity contribution is -0.138. The first-order valence-corrected chi connectivity index (χ1v) is 11.1. The van der Waals surface area contributed by atoms with E-state index in [0.29, 0.717) is 30.9 Å². The van der Waals surface area contributed by atoms with E-state index in [0.717, 1.165) is 24.5 Å². The van der Waals surface area contributed by atoms with E-state index < -0.39 is 17.8 Å². The van der Waals surface area contributed by atoms with Crippen molar-refractivity contribution < 1.29 is 32.1 Å². The highest BCUT2D eigenvalue weighted by Gasteiger charge is 2.43. The second kappa shape index (κ2) is 10.4. The molecule has 5 nitrogen and oxygen atoms in total. The molecule has 0 aliphatic carbocycles. The number of halogens is 4. The summed E-state index contributed by atoms with van der Waals surface area (Å²) in [5.74, 6) is -0.425. The third-order valence-electron chi connectivity index (χ3n) is 6.23. The molecule has 0 unspecified atom stereocenters. The van der Waals surface area contributed by atoms with E-state index in [-0.39, 0.29) is 37.1 Å². The number of aliphatic hydroxyl groups is 1. The Kier molecular flexibility index (Phi) is 7.53. The molecule has 2 aliphatic heterocycles. The van der Waals surface area contributed by atoms with Crippen molar-refractivity contribution in [2.45, 2.75) is 37.3 Å². The zero-order chi connectivity index (χ0) is 23.4. The summed E-state index contributed by atoms with van der Waals surface area (Å²) in [7, 11) is 0. The summed E-state index contributed by atoms with van der Waals surface area (Å²) in [4.78, 5) is 0. The van der Waals surface area contributed by atoms with Crippen molar-refractivity contribution in [1.29, 1.82) is 0 Å². The number of aliphatic hydroxyl groups excluding tert-OH is 1. The van der Waals surface area contributed by atoms with E-state index in [1.807, 2.05) is 0 Å². The van der Waals surface area contributed by atoms with Crippen LogP contribution >= 0.6 is 0 Å². The third-order valence-corrected chi connectivity index (χ3v) is 6.23. The Morgan fingerprint density at radius 2 is 1.88 bits per heavy atom. The maximum Gasteiger partial charge on any atom is 0.416 e. The van der Waals surface area contributed by atoms with Gasteiger partial charge in [-0.3, -0.25) is 0 Å². The second-order valence-corrected chi connectivity index (χ2v) is 8.43. The molecule has 2 aromatic carbocycles. The SMILES string of the molecule is OCCOCCNC[C@H]1CC[C@@H]2[C@H](O1)c1cc(C(F)(F)F)ccc1N[C@H]2c1ccc(F)cc1. The van der Waals surface area contributed by atoms with Gasteiger partial charge in [0, 0.05) is 30.3 Å². The third kappa shape index (κ3) is 5.66. The van der Waals surface area contributed by atoms with Crippen molar-refractivity contribution in [2.75, 3.05) is 38.2 Å². The molecule has 0 amide bonds. The molecule has 1 fully saturated rings. The summed E-state index contributed by atoms with van der Waals surface area (Å²) in [6.07, 6.45) is -3.60. The lowest BCUT2D eigenvalue weighted by Gasteiger charge is -2.46. The van der Waals surface area contributed by atoms with Gasteiger partial charge < -0.3 is 25.2 Å². The first kappa shape index (κ1) is 23.9. The molecular weight excluding hydrogens is 440 g/mol. The van der Waals surface area contributed by atoms with Crippen molar-refractivity contribution in [2.24, 2.45) is 5.92 Å². The van der Waals surface area contributed by atoms with Crippen LogP contribution in [0.5, 0.6) is 0 Å². The first-order valence-electron chi connectivity index (χ1n) is 11.1. The molecule has 4 atom stereocenters. The van der Waals surface area contributed by atoms with Crippen molar-refractivity contribution in [1.82, 2.24) is 5.32 Å².